The highest BCUT2D eigenvalue weighted by Crippen LogP contribution is 2.16. The van der Waals surface area contributed by atoms with Gasteiger partial charge < -0.3 is 0 Å². The molecule has 3 nitrogen and oxygen atoms in total. The number of benzene rings is 1. The smallest absolute Gasteiger partial charge is 0.236 e. The first kappa shape index (κ1) is 11.9. The number of nitrogens with zero attached hydrogens (tertiary/aromatic N) is 1. The van der Waals surface area contributed by atoms with Crippen LogP contribution in [0.2, 0.25) is 5.02 Å². The average molecular weight is 231 g/mol. The predicted molar refractivity (Wildman–Crippen MR) is 56.7 cm³/mol. The molecule has 1 aromatic carbocycles. The Labute approximate surface area is 92.6 Å². The Bertz CT molecular complexity index is 368. The number of hydrogen-bond donors (Lipinski definition) is 1. The van der Waals surface area contributed by atoms with Crippen molar-refractivity contribution >= 4 is 17.5 Å². The topological polar surface area (TPSA) is 46.3 Å². The number of rotatable bonds is 3. The molecule has 82 valence electrons. The molecule has 0 saturated carbocycles. The Hall–Kier alpha value is -1.13. The van der Waals surface area contributed by atoms with Crippen LogP contribution in [0.4, 0.5) is 4.39 Å². The van der Waals surface area contributed by atoms with Gasteiger partial charge >= 0.3 is 0 Å². The van der Waals surface area contributed by atoms with E-state index in [0.29, 0.717) is 17.0 Å². The highest BCUT2D eigenvalue weighted by Gasteiger charge is 2.08. The SMILES string of the molecule is CN(N)C(=O)CCc1cc(Cl)ccc1F. The lowest BCUT2D eigenvalue weighted by molar-refractivity contribution is -0.130. The summed E-state index contributed by atoms with van der Waals surface area (Å²) in [6.07, 6.45) is 0.469. The Morgan fingerprint density at radius 1 is 1.60 bits per heavy atom. The van der Waals surface area contributed by atoms with Crippen molar-refractivity contribution in [2.24, 2.45) is 5.84 Å². The van der Waals surface area contributed by atoms with Crippen molar-refractivity contribution in [3.8, 4) is 0 Å². The minimum Gasteiger partial charge on any atom is -0.284 e. The van der Waals surface area contributed by atoms with Crippen LogP contribution in [0.5, 0.6) is 0 Å². The molecule has 0 radical (unpaired) electrons. The molecular weight excluding hydrogens is 219 g/mol. The first-order valence-electron chi connectivity index (χ1n) is 4.46. The molecular formula is C10H12ClFN2O. The third-order valence-electron chi connectivity index (χ3n) is 2.01. The lowest BCUT2D eigenvalue weighted by Crippen LogP contribution is -2.33. The van der Waals surface area contributed by atoms with E-state index >= 15 is 0 Å². The van der Waals surface area contributed by atoms with Crippen LogP contribution in [0.15, 0.2) is 18.2 Å². The van der Waals surface area contributed by atoms with E-state index in [1.54, 1.807) is 0 Å². The molecule has 0 aromatic heterocycles. The fraction of sp³-hybridized carbons (Fsp3) is 0.300. The maximum absolute atomic E-state index is 13.2. The molecule has 0 atom stereocenters. The Morgan fingerprint density at radius 3 is 2.87 bits per heavy atom. The summed E-state index contributed by atoms with van der Waals surface area (Å²) in [5.41, 5.74) is 0.428. The fourth-order valence-electron chi connectivity index (χ4n) is 1.15. The third kappa shape index (κ3) is 3.49. The van der Waals surface area contributed by atoms with Gasteiger partial charge in [-0.25, -0.2) is 10.2 Å². The summed E-state index contributed by atoms with van der Waals surface area (Å²) in [5, 5.41) is 1.45. The maximum atomic E-state index is 13.2. The molecule has 0 unspecified atom stereocenters. The first-order chi connectivity index (χ1) is 7.00. The van der Waals surface area contributed by atoms with Crippen molar-refractivity contribution in [2.45, 2.75) is 12.8 Å². The van der Waals surface area contributed by atoms with Crippen molar-refractivity contribution in [1.82, 2.24) is 5.01 Å². The molecule has 1 rings (SSSR count). The van der Waals surface area contributed by atoms with Crippen molar-refractivity contribution in [3.05, 3.63) is 34.6 Å². The normalized spacial score (nSPS) is 10.1. The number of amides is 1. The zero-order valence-corrected chi connectivity index (χ0v) is 9.09. The quantitative estimate of drug-likeness (QED) is 0.489. The van der Waals surface area contributed by atoms with Gasteiger partial charge in [-0.05, 0) is 30.2 Å². The highest BCUT2D eigenvalue weighted by atomic mass is 35.5. The highest BCUT2D eigenvalue weighted by molar-refractivity contribution is 6.30. The average Bonchev–Trinajstić information content (AvgIpc) is 2.18. The number of hydrazine groups is 1. The summed E-state index contributed by atoms with van der Waals surface area (Å²) < 4.78 is 13.2. The van der Waals surface area contributed by atoms with E-state index in [4.69, 9.17) is 17.4 Å². The van der Waals surface area contributed by atoms with Crippen LogP contribution in [0, 0.1) is 5.82 Å². The third-order valence-corrected chi connectivity index (χ3v) is 2.24. The number of halogens is 2. The predicted octanol–water partition coefficient (Wildman–Crippen LogP) is 1.74. The van der Waals surface area contributed by atoms with Gasteiger partial charge in [0, 0.05) is 18.5 Å². The van der Waals surface area contributed by atoms with Crippen molar-refractivity contribution in [2.75, 3.05) is 7.05 Å². The summed E-state index contributed by atoms with van der Waals surface area (Å²) in [4.78, 5) is 11.2. The molecule has 15 heavy (non-hydrogen) atoms. The summed E-state index contributed by atoms with van der Waals surface area (Å²) in [5.74, 6) is 4.64. The molecule has 0 bridgehead atoms. The first-order valence-corrected chi connectivity index (χ1v) is 4.83. The van der Waals surface area contributed by atoms with Crippen LogP contribution in [-0.2, 0) is 11.2 Å². The zero-order valence-electron chi connectivity index (χ0n) is 8.34. The van der Waals surface area contributed by atoms with Gasteiger partial charge in [0.15, 0.2) is 0 Å². The number of hydrogen-bond acceptors (Lipinski definition) is 2. The Morgan fingerprint density at radius 2 is 2.27 bits per heavy atom. The molecule has 1 amide bonds. The van der Waals surface area contributed by atoms with Crippen molar-refractivity contribution < 1.29 is 9.18 Å². The number of aryl methyl sites for hydroxylation is 1. The second-order valence-electron chi connectivity index (χ2n) is 3.24. The summed E-state index contributed by atoms with van der Waals surface area (Å²) in [6, 6.07) is 4.27. The van der Waals surface area contributed by atoms with E-state index in [9.17, 15) is 9.18 Å². The van der Waals surface area contributed by atoms with Crippen LogP contribution in [0.25, 0.3) is 0 Å². The summed E-state index contributed by atoms with van der Waals surface area (Å²) in [7, 11) is 1.46. The van der Waals surface area contributed by atoms with Crippen LogP contribution in [0.1, 0.15) is 12.0 Å². The second kappa shape index (κ2) is 5.09. The van der Waals surface area contributed by atoms with E-state index in [1.807, 2.05) is 0 Å². The molecule has 5 heteroatoms. The largest absolute Gasteiger partial charge is 0.284 e. The lowest BCUT2D eigenvalue weighted by atomic mass is 10.1. The van der Waals surface area contributed by atoms with E-state index < -0.39 is 0 Å². The van der Waals surface area contributed by atoms with Gasteiger partial charge in [-0.1, -0.05) is 11.6 Å². The molecule has 0 fully saturated rings. The van der Waals surface area contributed by atoms with Gasteiger partial charge in [0.1, 0.15) is 5.82 Å². The van der Waals surface area contributed by atoms with Gasteiger partial charge in [-0.15, -0.1) is 0 Å². The molecule has 2 N–H and O–H groups in total. The lowest BCUT2D eigenvalue weighted by Gasteiger charge is -2.09. The molecule has 0 aliphatic rings. The molecule has 0 aliphatic heterocycles. The molecule has 0 aliphatic carbocycles. The van der Waals surface area contributed by atoms with Gasteiger partial charge in [0.2, 0.25) is 5.91 Å². The molecule has 1 aromatic rings. The van der Waals surface area contributed by atoms with Crippen LogP contribution in [-0.4, -0.2) is 18.0 Å². The molecule has 0 heterocycles. The van der Waals surface area contributed by atoms with Gasteiger partial charge in [-0.2, -0.15) is 0 Å². The fourth-order valence-corrected chi connectivity index (χ4v) is 1.35. The van der Waals surface area contributed by atoms with Crippen molar-refractivity contribution in [1.29, 1.82) is 0 Å². The van der Waals surface area contributed by atoms with Crippen molar-refractivity contribution in [3.63, 3.8) is 0 Å². The van der Waals surface area contributed by atoms with Gasteiger partial charge in [0.05, 0.1) is 0 Å². The minimum absolute atomic E-state index is 0.171. The second-order valence-corrected chi connectivity index (χ2v) is 3.68. The number of carbonyl (C=O) groups excluding carboxylic acids is 1. The maximum Gasteiger partial charge on any atom is 0.236 e. The Kier molecular flexibility index (Phi) is 4.05. The summed E-state index contributed by atoms with van der Waals surface area (Å²) in [6.45, 7) is 0. The Balaban J connectivity index is 2.65. The van der Waals surface area contributed by atoms with E-state index in [2.05, 4.69) is 0 Å². The van der Waals surface area contributed by atoms with Gasteiger partial charge in [-0.3, -0.25) is 9.80 Å². The van der Waals surface area contributed by atoms with Crippen LogP contribution >= 0.6 is 11.6 Å². The van der Waals surface area contributed by atoms with E-state index in [0.717, 1.165) is 5.01 Å². The monoisotopic (exact) mass is 230 g/mol. The number of carbonyl (C=O) groups is 1. The summed E-state index contributed by atoms with van der Waals surface area (Å²) >= 11 is 5.71. The van der Waals surface area contributed by atoms with Gasteiger partial charge in [0.25, 0.3) is 0 Å². The molecule has 0 spiro atoms. The van der Waals surface area contributed by atoms with E-state index in [1.165, 1.54) is 25.2 Å². The number of nitrogens with two attached hydrogens (primary N) is 1. The van der Waals surface area contributed by atoms with Crippen LogP contribution in [0.3, 0.4) is 0 Å². The van der Waals surface area contributed by atoms with Crippen LogP contribution < -0.4 is 5.84 Å². The standard InChI is InChI=1S/C10H12ClFN2O/c1-14(13)10(15)5-2-7-6-8(11)3-4-9(7)12/h3-4,6H,2,5,13H2,1H3. The molecule has 0 saturated heterocycles. The zero-order chi connectivity index (χ0) is 11.4. The van der Waals surface area contributed by atoms with E-state index in [-0.39, 0.29) is 18.1 Å². The minimum atomic E-state index is -0.355.